The second-order valence-corrected chi connectivity index (χ2v) is 7.23. The lowest BCUT2D eigenvalue weighted by Crippen LogP contribution is -2.34. The van der Waals surface area contributed by atoms with Gasteiger partial charge in [0.1, 0.15) is 4.88 Å². The Morgan fingerprint density at radius 1 is 1.10 bits per heavy atom. The van der Waals surface area contributed by atoms with Crippen LogP contribution in [-0.2, 0) is 11.0 Å². The predicted octanol–water partition coefficient (Wildman–Crippen LogP) is 4.45. The molecule has 0 aliphatic carbocycles. The van der Waals surface area contributed by atoms with Crippen LogP contribution in [0.5, 0.6) is 0 Å². The van der Waals surface area contributed by atoms with Crippen LogP contribution in [0, 0.1) is 0 Å². The number of hydrogen-bond acceptors (Lipinski definition) is 4. The summed E-state index contributed by atoms with van der Waals surface area (Å²) in [5.74, 6) is -1.23. The molecule has 2 aromatic carbocycles. The Kier molecular flexibility index (Phi) is 6.19. The normalized spacial score (nSPS) is 11.7. The number of carbonyl (C=O) groups excluding carboxylic acids is 2. The maximum absolute atomic E-state index is 12.9. The quantitative estimate of drug-likeness (QED) is 0.455. The van der Waals surface area contributed by atoms with Crippen molar-refractivity contribution in [2.45, 2.75) is 6.18 Å². The molecular weight excluding hydrogens is 427 g/mol. The summed E-state index contributed by atoms with van der Waals surface area (Å²) in [4.78, 5) is 24.3. The van der Waals surface area contributed by atoms with Gasteiger partial charge in [-0.15, -0.1) is 11.3 Å². The third kappa shape index (κ3) is 4.93. The number of hydrogen-bond donors (Lipinski definition) is 2. The molecule has 0 saturated carbocycles. The topological polar surface area (TPSA) is 70.6 Å². The molecule has 150 valence electrons. The van der Waals surface area contributed by atoms with Gasteiger partial charge in [0, 0.05) is 15.6 Å². The summed E-state index contributed by atoms with van der Waals surface area (Å²) in [7, 11) is 0. The van der Waals surface area contributed by atoms with Gasteiger partial charge < -0.3 is 5.32 Å². The van der Waals surface area contributed by atoms with Gasteiger partial charge >= 0.3 is 6.18 Å². The molecule has 0 radical (unpaired) electrons. The summed E-state index contributed by atoms with van der Waals surface area (Å²) in [6, 6.07) is 12.0. The van der Waals surface area contributed by atoms with Crippen LogP contribution in [0.2, 0.25) is 5.02 Å². The Morgan fingerprint density at radius 3 is 2.52 bits per heavy atom. The number of nitrogens with zero attached hydrogens (tertiary/aromatic N) is 1. The van der Waals surface area contributed by atoms with Gasteiger partial charge in [0.15, 0.2) is 0 Å². The number of alkyl halides is 3. The zero-order valence-corrected chi connectivity index (χ0v) is 16.2. The zero-order chi connectivity index (χ0) is 21.0. The first-order valence-electron chi connectivity index (χ1n) is 8.20. The fraction of sp³-hybridized carbons (Fsp3) is 0.105. The van der Waals surface area contributed by atoms with Gasteiger partial charge in [0.25, 0.3) is 11.8 Å². The van der Waals surface area contributed by atoms with Crippen LogP contribution in [0.4, 0.5) is 13.2 Å². The first-order valence-corrected chi connectivity index (χ1v) is 9.40. The molecule has 0 fully saturated rings. The van der Waals surface area contributed by atoms with Crippen LogP contribution >= 0.6 is 22.9 Å². The van der Waals surface area contributed by atoms with E-state index in [2.05, 4.69) is 15.8 Å². The lowest BCUT2D eigenvalue weighted by Gasteiger charge is -2.09. The number of thiophene rings is 1. The fourth-order valence-electron chi connectivity index (χ4n) is 2.48. The summed E-state index contributed by atoms with van der Waals surface area (Å²) < 4.78 is 39.6. The number of amides is 2. The van der Waals surface area contributed by atoms with E-state index in [0.717, 1.165) is 22.4 Å². The van der Waals surface area contributed by atoms with E-state index in [-0.39, 0.29) is 10.4 Å². The van der Waals surface area contributed by atoms with Crippen LogP contribution in [0.25, 0.3) is 10.1 Å². The lowest BCUT2D eigenvalue weighted by atomic mass is 10.1. The number of rotatable bonds is 5. The molecule has 10 heteroatoms. The van der Waals surface area contributed by atoms with Crippen molar-refractivity contribution < 1.29 is 22.8 Å². The second kappa shape index (κ2) is 8.62. The SMILES string of the molecule is O=C(CNC(=O)c1sc2ccccc2c1Cl)N/N=C/c1ccccc1C(F)(F)F. The van der Waals surface area contributed by atoms with Crippen molar-refractivity contribution in [3.05, 3.63) is 69.6 Å². The minimum absolute atomic E-state index is 0.193. The van der Waals surface area contributed by atoms with Crippen molar-refractivity contribution in [1.82, 2.24) is 10.7 Å². The molecule has 3 aromatic rings. The third-order valence-corrected chi connectivity index (χ3v) is 5.48. The van der Waals surface area contributed by atoms with E-state index >= 15 is 0 Å². The van der Waals surface area contributed by atoms with Crippen molar-refractivity contribution >= 4 is 51.1 Å². The van der Waals surface area contributed by atoms with Gasteiger partial charge in [0.05, 0.1) is 23.3 Å². The molecule has 0 bridgehead atoms. The second-order valence-electron chi connectivity index (χ2n) is 5.80. The molecule has 1 aromatic heterocycles. The van der Waals surface area contributed by atoms with E-state index in [9.17, 15) is 22.8 Å². The monoisotopic (exact) mass is 439 g/mol. The molecule has 1 heterocycles. The van der Waals surface area contributed by atoms with E-state index in [0.29, 0.717) is 5.02 Å². The molecule has 0 atom stereocenters. The molecule has 3 rings (SSSR count). The molecular formula is C19H13ClF3N3O2S. The van der Waals surface area contributed by atoms with Crippen LogP contribution in [0.3, 0.4) is 0 Å². The van der Waals surface area contributed by atoms with Gasteiger partial charge in [-0.25, -0.2) is 5.43 Å². The molecule has 0 aliphatic rings. The minimum atomic E-state index is -4.54. The zero-order valence-electron chi connectivity index (χ0n) is 14.6. The van der Waals surface area contributed by atoms with E-state index in [1.54, 1.807) is 12.1 Å². The lowest BCUT2D eigenvalue weighted by molar-refractivity contribution is -0.137. The number of carbonyl (C=O) groups is 2. The molecule has 5 nitrogen and oxygen atoms in total. The van der Waals surface area contributed by atoms with E-state index in [1.165, 1.54) is 29.5 Å². The third-order valence-electron chi connectivity index (χ3n) is 3.81. The molecule has 0 saturated heterocycles. The fourth-order valence-corrected chi connectivity index (χ4v) is 3.92. The van der Waals surface area contributed by atoms with Crippen molar-refractivity contribution in [3.8, 4) is 0 Å². The van der Waals surface area contributed by atoms with E-state index < -0.39 is 30.1 Å². The number of halogens is 4. The van der Waals surface area contributed by atoms with Crippen LogP contribution in [0.15, 0.2) is 53.6 Å². The highest BCUT2D eigenvalue weighted by molar-refractivity contribution is 7.21. The average molecular weight is 440 g/mol. The van der Waals surface area contributed by atoms with Crippen molar-refractivity contribution in [2.75, 3.05) is 6.54 Å². The number of fused-ring (bicyclic) bond motifs is 1. The largest absolute Gasteiger partial charge is 0.417 e. The summed E-state index contributed by atoms with van der Waals surface area (Å²) >= 11 is 7.39. The van der Waals surface area contributed by atoms with Gasteiger partial charge in [0.2, 0.25) is 0 Å². The molecule has 0 unspecified atom stereocenters. The number of nitrogens with one attached hydrogen (secondary N) is 2. The van der Waals surface area contributed by atoms with Gasteiger partial charge in [-0.2, -0.15) is 18.3 Å². The standard InChI is InChI=1S/C19H13ClF3N3O2S/c20-16-12-6-2-4-8-14(12)29-17(16)18(28)24-10-15(27)26-25-9-11-5-1-3-7-13(11)19(21,22)23/h1-9H,10H2,(H,24,28)(H,26,27)/b25-9+. The Hall–Kier alpha value is -2.91. The van der Waals surface area contributed by atoms with Crippen LogP contribution in [-0.4, -0.2) is 24.6 Å². The Morgan fingerprint density at radius 2 is 1.79 bits per heavy atom. The van der Waals surface area contributed by atoms with Crippen LogP contribution < -0.4 is 10.7 Å². The highest BCUT2D eigenvalue weighted by Crippen LogP contribution is 2.35. The first kappa shape index (κ1) is 20.8. The Labute approximate surface area is 172 Å². The molecule has 0 spiro atoms. The number of hydrazone groups is 1. The minimum Gasteiger partial charge on any atom is -0.342 e. The maximum atomic E-state index is 12.9. The first-order chi connectivity index (χ1) is 13.8. The van der Waals surface area contributed by atoms with Crippen molar-refractivity contribution in [2.24, 2.45) is 5.10 Å². The highest BCUT2D eigenvalue weighted by Gasteiger charge is 2.32. The van der Waals surface area contributed by atoms with Crippen LogP contribution in [0.1, 0.15) is 20.8 Å². The summed E-state index contributed by atoms with van der Waals surface area (Å²) in [6.07, 6.45) is -3.64. The predicted molar refractivity (Wildman–Crippen MR) is 106 cm³/mol. The smallest absolute Gasteiger partial charge is 0.342 e. The molecule has 2 N–H and O–H groups in total. The van der Waals surface area contributed by atoms with Gasteiger partial charge in [-0.1, -0.05) is 48.0 Å². The molecule has 29 heavy (non-hydrogen) atoms. The van der Waals surface area contributed by atoms with Gasteiger partial charge in [-0.05, 0) is 12.1 Å². The van der Waals surface area contributed by atoms with E-state index in [1.807, 2.05) is 12.1 Å². The Bertz CT molecular complexity index is 1100. The summed E-state index contributed by atoms with van der Waals surface area (Å²) in [6.45, 7) is -0.415. The summed E-state index contributed by atoms with van der Waals surface area (Å²) in [5.41, 5.74) is 1.01. The average Bonchev–Trinajstić information content (AvgIpc) is 3.03. The summed E-state index contributed by atoms with van der Waals surface area (Å²) in [5, 5.41) is 6.96. The van der Waals surface area contributed by atoms with E-state index in [4.69, 9.17) is 11.6 Å². The Balaban J connectivity index is 1.58. The molecule has 0 aliphatic heterocycles. The van der Waals surface area contributed by atoms with Crippen molar-refractivity contribution in [3.63, 3.8) is 0 Å². The number of benzene rings is 2. The van der Waals surface area contributed by atoms with Gasteiger partial charge in [-0.3, -0.25) is 9.59 Å². The maximum Gasteiger partial charge on any atom is 0.417 e. The van der Waals surface area contributed by atoms with Crippen molar-refractivity contribution in [1.29, 1.82) is 0 Å². The highest BCUT2D eigenvalue weighted by atomic mass is 35.5. The molecule has 2 amide bonds.